The third-order valence-corrected chi connectivity index (χ3v) is 2.11. The Morgan fingerprint density at radius 2 is 2.20 bits per heavy atom. The molecule has 4 heteroatoms. The van der Waals surface area contributed by atoms with Gasteiger partial charge in [-0.15, -0.1) is 0 Å². The van der Waals surface area contributed by atoms with Crippen molar-refractivity contribution < 1.29 is 9.90 Å². The summed E-state index contributed by atoms with van der Waals surface area (Å²) < 4.78 is 0. The number of phenolic OH excluding ortho intramolecular Hbond substituents is 1. The Hall–Kier alpha value is -1.22. The number of halogens is 1. The molecule has 0 spiro atoms. The number of rotatable bonds is 3. The highest BCUT2D eigenvalue weighted by molar-refractivity contribution is 6.31. The number of nitrogens with one attached hydrogen (secondary N) is 1. The molecule has 1 aromatic carbocycles. The SMILES string of the molecule is CC(C)CNC(=O)c1cc(Cl)ccc1O. The van der Waals surface area contributed by atoms with E-state index < -0.39 is 0 Å². The molecule has 0 aliphatic rings. The van der Waals surface area contributed by atoms with Crippen molar-refractivity contribution >= 4 is 17.5 Å². The number of carbonyl (C=O) groups is 1. The molecule has 0 heterocycles. The van der Waals surface area contributed by atoms with E-state index in [4.69, 9.17) is 11.6 Å². The molecule has 3 nitrogen and oxygen atoms in total. The van der Waals surface area contributed by atoms with Gasteiger partial charge in [0.1, 0.15) is 5.75 Å². The van der Waals surface area contributed by atoms with E-state index in [2.05, 4.69) is 5.32 Å². The molecule has 1 rings (SSSR count). The summed E-state index contributed by atoms with van der Waals surface area (Å²) in [6, 6.07) is 4.40. The average molecular weight is 228 g/mol. The van der Waals surface area contributed by atoms with Crippen LogP contribution in [0.25, 0.3) is 0 Å². The van der Waals surface area contributed by atoms with Gasteiger partial charge in [0.05, 0.1) is 5.56 Å². The van der Waals surface area contributed by atoms with Crippen molar-refractivity contribution in [2.24, 2.45) is 5.92 Å². The molecule has 0 saturated carbocycles. The van der Waals surface area contributed by atoms with Crippen LogP contribution in [0.3, 0.4) is 0 Å². The largest absolute Gasteiger partial charge is 0.507 e. The highest BCUT2D eigenvalue weighted by Crippen LogP contribution is 2.21. The Balaban J connectivity index is 2.77. The molecule has 82 valence electrons. The minimum absolute atomic E-state index is 0.0549. The van der Waals surface area contributed by atoms with Gasteiger partial charge in [0.2, 0.25) is 0 Å². The van der Waals surface area contributed by atoms with Gasteiger partial charge >= 0.3 is 0 Å². The van der Waals surface area contributed by atoms with Crippen LogP contribution >= 0.6 is 11.6 Å². The number of aromatic hydroxyl groups is 1. The number of hydrogen-bond acceptors (Lipinski definition) is 2. The van der Waals surface area contributed by atoms with Gasteiger partial charge < -0.3 is 10.4 Å². The van der Waals surface area contributed by atoms with Crippen molar-refractivity contribution in [3.05, 3.63) is 28.8 Å². The van der Waals surface area contributed by atoms with E-state index in [1.165, 1.54) is 18.2 Å². The quantitative estimate of drug-likeness (QED) is 0.833. The first-order valence-corrected chi connectivity index (χ1v) is 5.15. The second kappa shape index (κ2) is 5.03. The van der Waals surface area contributed by atoms with E-state index in [9.17, 15) is 9.90 Å². The van der Waals surface area contributed by atoms with Gasteiger partial charge in [0.15, 0.2) is 0 Å². The Labute approximate surface area is 94.1 Å². The molecule has 0 bridgehead atoms. The molecular formula is C11H14ClNO2. The highest BCUT2D eigenvalue weighted by Gasteiger charge is 2.11. The predicted octanol–water partition coefficient (Wildman–Crippen LogP) is 2.43. The number of carbonyl (C=O) groups excluding carboxylic acids is 1. The number of phenols is 1. The molecule has 0 aliphatic heterocycles. The van der Waals surface area contributed by atoms with Crippen molar-refractivity contribution in [2.45, 2.75) is 13.8 Å². The summed E-state index contributed by atoms with van der Waals surface area (Å²) in [5, 5.41) is 12.6. The van der Waals surface area contributed by atoms with E-state index in [0.29, 0.717) is 17.5 Å². The Bertz CT molecular complexity index is 364. The topological polar surface area (TPSA) is 49.3 Å². The molecule has 0 aromatic heterocycles. The van der Waals surface area contributed by atoms with Crippen LogP contribution in [0, 0.1) is 5.92 Å². The minimum atomic E-state index is -0.302. The van der Waals surface area contributed by atoms with Crippen LogP contribution < -0.4 is 5.32 Å². The first kappa shape index (κ1) is 11.9. The van der Waals surface area contributed by atoms with Gasteiger partial charge in [0, 0.05) is 11.6 Å². The van der Waals surface area contributed by atoms with Crippen LogP contribution in [0.5, 0.6) is 5.75 Å². The maximum absolute atomic E-state index is 11.6. The fourth-order valence-corrected chi connectivity index (χ4v) is 1.25. The summed E-state index contributed by atoms with van der Waals surface area (Å²) in [4.78, 5) is 11.6. The molecule has 15 heavy (non-hydrogen) atoms. The molecule has 1 amide bonds. The summed E-state index contributed by atoms with van der Waals surface area (Å²) in [6.45, 7) is 4.57. The first-order chi connectivity index (χ1) is 7.00. The molecule has 0 fully saturated rings. The fourth-order valence-electron chi connectivity index (χ4n) is 1.08. The molecule has 0 unspecified atom stereocenters. The molecule has 0 saturated heterocycles. The first-order valence-electron chi connectivity index (χ1n) is 4.77. The fraction of sp³-hybridized carbons (Fsp3) is 0.364. The predicted molar refractivity (Wildman–Crippen MR) is 60.3 cm³/mol. The molecule has 2 N–H and O–H groups in total. The second-order valence-corrected chi connectivity index (χ2v) is 4.20. The van der Waals surface area contributed by atoms with Crippen molar-refractivity contribution in [1.29, 1.82) is 0 Å². The van der Waals surface area contributed by atoms with Crippen LogP contribution in [-0.2, 0) is 0 Å². The van der Waals surface area contributed by atoms with Crippen LogP contribution in [-0.4, -0.2) is 17.6 Å². The van der Waals surface area contributed by atoms with E-state index >= 15 is 0 Å². The van der Waals surface area contributed by atoms with Gasteiger partial charge in [-0.05, 0) is 24.1 Å². The maximum atomic E-state index is 11.6. The van der Waals surface area contributed by atoms with Crippen molar-refractivity contribution in [1.82, 2.24) is 5.32 Å². The maximum Gasteiger partial charge on any atom is 0.255 e. The summed E-state index contributed by atoms with van der Waals surface area (Å²) in [5.41, 5.74) is 0.211. The van der Waals surface area contributed by atoms with Crippen LogP contribution in [0.1, 0.15) is 24.2 Å². The zero-order chi connectivity index (χ0) is 11.4. The van der Waals surface area contributed by atoms with E-state index in [0.717, 1.165) is 0 Å². The summed E-state index contributed by atoms with van der Waals surface area (Å²) >= 11 is 5.73. The minimum Gasteiger partial charge on any atom is -0.507 e. The zero-order valence-corrected chi connectivity index (χ0v) is 9.51. The number of hydrogen-bond donors (Lipinski definition) is 2. The number of amides is 1. The molecule has 1 aromatic rings. The monoisotopic (exact) mass is 227 g/mol. The van der Waals surface area contributed by atoms with Crippen LogP contribution in [0.4, 0.5) is 0 Å². The summed E-state index contributed by atoms with van der Waals surface area (Å²) in [6.07, 6.45) is 0. The summed E-state index contributed by atoms with van der Waals surface area (Å²) in [7, 11) is 0. The second-order valence-electron chi connectivity index (χ2n) is 3.77. The van der Waals surface area contributed by atoms with Gasteiger partial charge in [-0.25, -0.2) is 0 Å². The standard InChI is InChI=1S/C11H14ClNO2/c1-7(2)6-13-11(15)9-5-8(12)3-4-10(9)14/h3-5,7,14H,6H2,1-2H3,(H,13,15). The smallest absolute Gasteiger partial charge is 0.255 e. The van der Waals surface area contributed by atoms with Crippen LogP contribution in [0.15, 0.2) is 18.2 Å². The average Bonchev–Trinajstić information content (AvgIpc) is 2.18. The molecule has 0 radical (unpaired) electrons. The lowest BCUT2D eigenvalue weighted by Gasteiger charge is -2.08. The normalized spacial score (nSPS) is 10.4. The van der Waals surface area contributed by atoms with Crippen molar-refractivity contribution in [2.75, 3.05) is 6.54 Å². The lowest BCUT2D eigenvalue weighted by atomic mass is 10.1. The van der Waals surface area contributed by atoms with Crippen molar-refractivity contribution in [3.63, 3.8) is 0 Å². The van der Waals surface area contributed by atoms with Gasteiger partial charge in [-0.3, -0.25) is 4.79 Å². The molecular weight excluding hydrogens is 214 g/mol. The van der Waals surface area contributed by atoms with E-state index in [1.54, 1.807) is 0 Å². The third-order valence-electron chi connectivity index (χ3n) is 1.87. The number of benzene rings is 1. The lowest BCUT2D eigenvalue weighted by molar-refractivity contribution is 0.0946. The van der Waals surface area contributed by atoms with Crippen LogP contribution in [0.2, 0.25) is 5.02 Å². The summed E-state index contributed by atoms with van der Waals surface area (Å²) in [5.74, 6) is 0.0135. The highest BCUT2D eigenvalue weighted by atomic mass is 35.5. The van der Waals surface area contributed by atoms with Gasteiger partial charge in [-0.1, -0.05) is 25.4 Å². The zero-order valence-electron chi connectivity index (χ0n) is 8.75. The third kappa shape index (κ3) is 3.44. The Kier molecular flexibility index (Phi) is 3.97. The van der Waals surface area contributed by atoms with E-state index in [1.807, 2.05) is 13.8 Å². The van der Waals surface area contributed by atoms with Gasteiger partial charge in [0.25, 0.3) is 5.91 Å². The van der Waals surface area contributed by atoms with Gasteiger partial charge in [-0.2, -0.15) is 0 Å². The Morgan fingerprint density at radius 3 is 2.80 bits per heavy atom. The molecule has 0 aliphatic carbocycles. The molecule has 0 atom stereocenters. The van der Waals surface area contributed by atoms with Crippen molar-refractivity contribution in [3.8, 4) is 5.75 Å². The lowest BCUT2D eigenvalue weighted by Crippen LogP contribution is -2.27. The van der Waals surface area contributed by atoms with E-state index in [-0.39, 0.29) is 17.2 Å². The Morgan fingerprint density at radius 1 is 1.53 bits per heavy atom.